The molecule has 0 bridgehead atoms. The van der Waals surface area contributed by atoms with Crippen molar-refractivity contribution in [3.63, 3.8) is 0 Å². The molecule has 1 unspecified atom stereocenters. The number of nitrogens with two attached hydrogens (primary N) is 1. The highest BCUT2D eigenvalue weighted by atomic mass is 19.4. The van der Waals surface area contributed by atoms with Crippen LogP contribution in [0.15, 0.2) is 36.5 Å². The van der Waals surface area contributed by atoms with Crippen molar-refractivity contribution in [2.45, 2.75) is 31.5 Å². The molecule has 3 nitrogen and oxygen atoms in total. The molecule has 3 N–H and O–H groups in total. The van der Waals surface area contributed by atoms with Gasteiger partial charge < -0.3 is 0 Å². The van der Waals surface area contributed by atoms with Gasteiger partial charge in [-0.15, -0.1) is 0 Å². The van der Waals surface area contributed by atoms with Crippen molar-refractivity contribution in [1.82, 2.24) is 10.4 Å². The topological polar surface area (TPSA) is 50.9 Å². The molecule has 0 aliphatic heterocycles. The summed E-state index contributed by atoms with van der Waals surface area (Å²) >= 11 is 0. The van der Waals surface area contributed by atoms with E-state index in [1.165, 1.54) is 0 Å². The minimum atomic E-state index is -4.13. The summed E-state index contributed by atoms with van der Waals surface area (Å²) in [6.45, 7) is 0. The van der Waals surface area contributed by atoms with Crippen molar-refractivity contribution in [1.29, 1.82) is 0 Å². The molecule has 2 rings (SSSR count). The Morgan fingerprint density at radius 1 is 1.20 bits per heavy atom. The van der Waals surface area contributed by atoms with Gasteiger partial charge in [0, 0.05) is 24.0 Å². The number of para-hydroxylation sites is 1. The summed E-state index contributed by atoms with van der Waals surface area (Å²) in [5, 5.41) is 0.945. The van der Waals surface area contributed by atoms with Gasteiger partial charge in [-0.2, -0.15) is 13.2 Å². The Kier molecular flexibility index (Phi) is 4.57. The summed E-state index contributed by atoms with van der Waals surface area (Å²) < 4.78 is 36.6. The van der Waals surface area contributed by atoms with Gasteiger partial charge >= 0.3 is 6.18 Å². The Bertz CT molecular complexity index is 564. The molecule has 0 aliphatic rings. The third-order valence-corrected chi connectivity index (χ3v) is 3.19. The average molecular weight is 283 g/mol. The molecule has 0 amide bonds. The number of hydrogen-bond acceptors (Lipinski definition) is 3. The first kappa shape index (κ1) is 14.7. The lowest BCUT2D eigenvalue weighted by molar-refractivity contribution is -0.135. The Balaban J connectivity index is 2.17. The quantitative estimate of drug-likeness (QED) is 0.652. The fraction of sp³-hybridized carbons (Fsp3) is 0.357. The summed E-state index contributed by atoms with van der Waals surface area (Å²) in [6.07, 6.45) is -2.93. The van der Waals surface area contributed by atoms with E-state index in [1.807, 2.05) is 30.3 Å². The van der Waals surface area contributed by atoms with E-state index >= 15 is 0 Å². The van der Waals surface area contributed by atoms with E-state index in [4.69, 9.17) is 5.84 Å². The second-order valence-corrected chi connectivity index (χ2v) is 4.65. The maximum absolute atomic E-state index is 12.2. The predicted molar refractivity (Wildman–Crippen MR) is 71.7 cm³/mol. The van der Waals surface area contributed by atoms with E-state index < -0.39 is 12.6 Å². The molecule has 0 saturated carbocycles. The van der Waals surface area contributed by atoms with Gasteiger partial charge in [0.1, 0.15) is 0 Å². The third-order valence-electron chi connectivity index (χ3n) is 3.19. The van der Waals surface area contributed by atoms with Crippen LogP contribution in [0.4, 0.5) is 13.2 Å². The van der Waals surface area contributed by atoms with Gasteiger partial charge in [0.05, 0.1) is 5.52 Å². The number of pyridine rings is 1. The SMILES string of the molecule is NNC(CCCC(F)(F)F)c1cccc2cccnc12. The molecular weight excluding hydrogens is 267 g/mol. The minimum Gasteiger partial charge on any atom is -0.271 e. The van der Waals surface area contributed by atoms with Gasteiger partial charge in [0.2, 0.25) is 0 Å². The third kappa shape index (κ3) is 3.68. The number of hydrazine groups is 1. The molecule has 0 aliphatic carbocycles. The summed E-state index contributed by atoms with van der Waals surface area (Å²) in [4.78, 5) is 4.29. The maximum Gasteiger partial charge on any atom is 0.389 e. The number of rotatable bonds is 5. The van der Waals surface area contributed by atoms with E-state index in [-0.39, 0.29) is 12.5 Å². The molecule has 2 aromatic rings. The maximum atomic E-state index is 12.2. The molecule has 6 heteroatoms. The van der Waals surface area contributed by atoms with E-state index in [0.717, 1.165) is 16.5 Å². The van der Waals surface area contributed by atoms with Gasteiger partial charge in [0.25, 0.3) is 0 Å². The van der Waals surface area contributed by atoms with Crippen molar-refractivity contribution in [3.8, 4) is 0 Å². The van der Waals surface area contributed by atoms with Crippen LogP contribution < -0.4 is 11.3 Å². The Morgan fingerprint density at radius 2 is 1.95 bits per heavy atom. The standard InChI is InChI=1S/C14H16F3N3/c15-14(16,17)8-2-7-12(20-18)11-6-1-4-10-5-3-9-19-13(10)11/h1,3-6,9,12,20H,2,7-8,18H2. The summed E-state index contributed by atoms with van der Waals surface area (Å²) in [5.74, 6) is 5.49. The molecule has 1 atom stereocenters. The molecule has 108 valence electrons. The van der Waals surface area contributed by atoms with Gasteiger partial charge in [-0.05, 0) is 24.5 Å². The van der Waals surface area contributed by atoms with Crippen molar-refractivity contribution >= 4 is 10.9 Å². The van der Waals surface area contributed by atoms with Crippen LogP contribution in [0, 0.1) is 0 Å². The number of nitrogens with one attached hydrogen (secondary N) is 1. The minimum absolute atomic E-state index is 0.0294. The number of benzene rings is 1. The monoisotopic (exact) mass is 283 g/mol. The molecule has 20 heavy (non-hydrogen) atoms. The summed E-state index contributed by atoms with van der Waals surface area (Å²) in [5.41, 5.74) is 4.18. The number of halogens is 3. The first-order valence-electron chi connectivity index (χ1n) is 6.38. The summed E-state index contributed by atoms with van der Waals surface area (Å²) in [6, 6.07) is 9.00. The van der Waals surface area contributed by atoms with Crippen molar-refractivity contribution in [3.05, 3.63) is 42.1 Å². The van der Waals surface area contributed by atoms with Crippen LogP contribution in [0.25, 0.3) is 10.9 Å². The molecule has 1 aromatic heterocycles. The predicted octanol–water partition coefficient (Wildman–Crippen LogP) is 3.47. The molecule has 1 aromatic carbocycles. The number of nitrogens with zero attached hydrogens (tertiary/aromatic N) is 1. The Labute approximate surface area is 115 Å². The Hall–Kier alpha value is -1.66. The van der Waals surface area contributed by atoms with Crippen LogP contribution in [-0.2, 0) is 0 Å². The zero-order chi connectivity index (χ0) is 14.6. The van der Waals surface area contributed by atoms with Crippen LogP contribution in [0.1, 0.15) is 30.9 Å². The molecule has 1 heterocycles. The zero-order valence-corrected chi connectivity index (χ0v) is 10.8. The number of alkyl halides is 3. The van der Waals surface area contributed by atoms with Gasteiger partial charge in [0.15, 0.2) is 0 Å². The second-order valence-electron chi connectivity index (χ2n) is 4.65. The van der Waals surface area contributed by atoms with E-state index in [2.05, 4.69) is 10.4 Å². The first-order chi connectivity index (χ1) is 9.51. The van der Waals surface area contributed by atoms with E-state index in [9.17, 15) is 13.2 Å². The average Bonchev–Trinajstić information content (AvgIpc) is 2.42. The fourth-order valence-electron chi connectivity index (χ4n) is 2.24. The number of hydrogen-bond donors (Lipinski definition) is 2. The van der Waals surface area contributed by atoms with Crippen LogP contribution in [-0.4, -0.2) is 11.2 Å². The van der Waals surface area contributed by atoms with Gasteiger partial charge in [-0.3, -0.25) is 16.3 Å². The Morgan fingerprint density at radius 3 is 2.65 bits per heavy atom. The largest absolute Gasteiger partial charge is 0.389 e. The van der Waals surface area contributed by atoms with Crippen molar-refractivity contribution < 1.29 is 13.2 Å². The summed E-state index contributed by atoms with van der Waals surface area (Å²) in [7, 11) is 0. The van der Waals surface area contributed by atoms with Crippen molar-refractivity contribution in [2.75, 3.05) is 0 Å². The first-order valence-corrected chi connectivity index (χ1v) is 6.38. The van der Waals surface area contributed by atoms with Crippen LogP contribution in [0.3, 0.4) is 0 Å². The second kappa shape index (κ2) is 6.19. The van der Waals surface area contributed by atoms with Crippen LogP contribution in [0.2, 0.25) is 0 Å². The van der Waals surface area contributed by atoms with Gasteiger partial charge in [-0.25, -0.2) is 0 Å². The number of aromatic nitrogens is 1. The highest BCUT2D eigenvalue weighted by Crippen LogP contribution is 2.28. The normalized spacial score (nSPS) is 13.6. The fourth-order valence-corrected chi connectivity index (χ4v) is 2.24. The highest BCUT2D eigenvalue weighted by Gasteiger charge is 2.27. The smallest absolute Gasteiger partial charge is 0.271 e. The molecule has 0 spiro atoms. The number of fused-ring (bicyclic) bond motifs is 1. The lowest BCUT2D eigenvalue weighted by atomic mass is 9.98. The van der Waals surface area contributed by atoms with Crippen LogP contribution in [0.5, 0.6) is 0 Å². The lowest BCUT2D eigenvalue weighted by Gasteiger charge is -2.18. The molecule has 0 saturated heterocycles. The zero-order valence-electron chi connectivity index (χ0n) is 10.8. The van der Waals surface area contributed by atoms with E-state index in [1.54, 1.807) is 6.20 Å². The van der Waals surface area contributed by atoms with Crippen molar-refractivity contribution in [2.24, 2.45) is 5.84 Å². The molecule has 0 radical (unpaired) electrons. The van der Waals surface area contributed by atoms with Crippen LogP contribution >= 0.6 is 0 Å². The van der Waals surface area contributed by atoms with E-state index in [0.29, 0.717) is 6.42 Å². The highest BCUT2D eigenvalue weighted by molar-refractivity contribution is 5.81. The van der Waals surface area contributed by atoms with Gasteiger partial charge in [-0.1, -0.05) is 24.3 Å². The lowest BCUT2D eigenvalue weighted by Crippen LogP contribution is -2.28. The molecule has 0 fully saturated rings. The molecular formula is C14H16F3N3.